The van der Waals surface area contributed by atoms with E-state index in [0.29, 0.717) is 29.3 Å². The number of phenols is 2. The summed E-state index contributed by atoms with van der Waals surface area (Å²) in [5, 5.41) is 31.0. The maximum atomic E-state index is 10.8. The van der Waals surface area contributed by atoms with Gasteiger partial charge < -0.3 is 9.84 Å². The van der Waals surface area contributed by atoms with Crippen molar-refractivity contribution in [2.45, 2.75) is 37.8 Å². The Morgan fingerprint density at radius 1 is 0.641 bits per heavy atom. The average Bonchev–Trinajstić information content (AvgIpc) is 3.30. The maximum absolute atomic E-state index is 10.8. The van der Waals surface area contributed by atoms with E-state index in [9.17, 15) is 15.3 Å². The molecule has 0 aromatic heterocycles. The van der Waals surface area contributed by atoms with Gasteiger partial charge in [-0.25, -0.2) is 0 Å². The van der Waals surface area contributed by atoms with Crippen molar-refractivity contribution in [3.8, 4) is 28.7 Å². The van der Waals surface area contributed by atoms with Gasteiger partial charge in [0, 0.05) is 0 Å². The van der Waals surface area contributed by atoms with E-state index < -0.39 is 0 Å². The zero-order valence-electron chi connectivity index (χ0n) is 21.5. The van der Waals surface area contributed by atoms with E-state index in [4.69, 9.17) is 4.74 Å². The molecule has 0 amide bonds. The van der Waals surface area contributed by atoms with Crippen LogP contribution in [0.5, 0.6) is 28.7 Å². The number of nitrogens with zero attached hydrogens (tertiary/aromatic N) is 2. The molecule has 0 unspecified atom stereocenters. The summed E-state index contributed by atoms with van der Waals surface area (Å²) in [7, 11) is 0. The summed E-state index contributed by atoms with van der Waals surface area (Å²) in [4.78, 5) is 0. The van der Waals surface area contributed by atoms with Crippen LogP contribution in [0.15, 0.2) is 103 Å². The van der Waals surface area contributed by atoms with E-state index in [1.165, 1.54) is 37.8 Å². The maximum Gasteiger partial charge on any atom is 0.127 e. The molecule has 2 atom stereocenters. The molecule has 1 saturated heterocycles. The van der Waals surface area contributed by atoms with Crippen molar-refractivity contribution >= 4 is 12.4 Å². The quantitative estimate of drug-likeness (QED) is 0.349. The summed E-state index contributed by atoms with van der Waals surface area (Å²) in [6, 6.07) is 31.7. The minimum atomic E-state index is -0.00888. The Labute approximate surface area is 235 Å². The van der Waals surface area contributed by atoms with E-state index in [2.05, 4.69) is 19.5 Å². The first-order valence-electron chi connectivity index (χ1n) is 13.1. The molecule has 1 aliphatic heterocycles. The third kappa shape index (κ3) is 6.89. The monoisotopic (exact) mass is 559 g/mol. The van der Waals surface area contributed by atoms with Gasteiger partial charge >= 0.3 is 154 Å². The van der Waals surface area contributed by atoms with Gasteiger partial charge in [0.1, 0.15) is 11.5 Å². The van der Waals surface area contributed by atoms with Gasteiger partial charge in [-0.15, -0.1) is 5.75 Å². The van der Waals surface area contributed by atoms with E-state index in [-0.39, 0.29) is 21.4 Å². The summed E-state index contributed by atoms with van der Waals surface area (Å²) >= 11 is 0.115. The molecule has 4 aromatic rings. The fourth-order valence-electron chi connectivity index (χ4n) is 4.75. The largest absolute Gasteiger partial charge is 0.872 e. The predicted molar refractivity (Wildman–Crippen MR) is 146 cm³/mol. The van der Waals surface area contributed by atoms with Crippen LogP contribution in [-0.4, -0.2) is 41.8 Å². The predicted octanol–water partition coefficient (Wildman–Crippen LogP) is 5.45. The van der Waals surface area contributed by atoms with Gasteiger partial charge in [0.15, 0.2) is 0 Å². The first-order valence-corrected chi connectivity index (χ1v) is 14.2. The average molecular weight is 560 g/mol. The fourth-order valence-corrected chi connectivity index (χ4v) is 6.74. The molecule has 1 aliphatic carbocycles. The number of aromatic hydroxyl groups is 2. The molecule has 0 bridgehead atoms. The van der Waals surface area contributed by atoms with E-state index >= 15 is 0 Å². The molecule has 0 radical (unpaired) electrons. The van der Waals surface area contributed by atoms with Crippen LogP contribution in [0.25, 0.3) is 0 Å². The molecule has 6 nitrogen and oxygen atoms in total. The molecule has 0 spiro atoms. The van der Waals surface area contributed by atoms with Gasteiger partial charge in [-0.05, 0) is 24.3 Å². The molecular formula is C32H31CrN2O4+. The van der Waals surface area contributed by atoms with Crippen molar-refractivity contribution < 1.29 is 42.8 Å². The Bertz CT molecular complexity index is 1390. The second kappa shape index (κ2) is 12.7. The number of fused-ring (bicyclic) bond motifs is 1. The molecule has 2 N–H and O–H groups in total. The van der Waals surface area contributed by atoms with Crippen molar-refractivity contribution in [3.05, 3.63) is 114 Å². The summed E-state index contributed by atoms with van der Waals surface area (Å²) in [5.74, 6) is 2.09. The second-order valence-electron chi connectivity index (χ2n) is 9.48. The van der Waals surface area contributed by atoms with Crippen LogP contribution in [0.1, 0.15) is 36.8 Å². The molecule has 7 heteroatoms. The van der Waals surface area contributed by atoms with Crippen molar-refractivity contribution in [2.24, 2.45) is 0 Å². The molecule has 2 fully saturated rings. The zero-order chi connectivity index (χ0) is 27.0. The van der Waals surface area contributed by atoms with Gasteiger partial charge in [0.05, 0.1) is 0 Å². The van der Waals surface area contributed by atoms with Crippen molar-refractivity contribution in [2.75, 3.05) is 0 Å². The molecule has 198 valence electrons. The number of para-hydroxylation sites is 3. The number of hydrogen-bond donors (Lipinski definition) is 2. The smallest absolute Gasteiger partial charge is 0.127 e. The van der Waals surface area contributed by atoms with E-state index in [1.807, 2.05) is 66.7 Å². The van der Waals surface area contributed by atoms with Crippen LogP contribution in [0.4, 0.5) is 0 Å². The molecule has 6 rings (SSSR count). The van der Waals surface area contributed by atoms with Gasteiger partial charge in [-0.2, -0.15) is 0 Å². The normalized spacial score (nSPS) is 20.2. The second-order valence-corrected chi connectivity index (χ2v) is 11.1. The minimum absolute atomic E-state index is 0.00888. The first kappa shape index (κ1) is 26.6. The molecule has 4 aromatic carbocycles. The summed E-state index contributed by atoms with van der Waals surface area (Å²) in [6.07, 6.45) is 9.09. The molecule has 1 heterocycles. The van der Waals surface area contributed by atoms with Gasteiger partial charge in [-0.1, -0.05) is 30.3 Å². The number of hydrogen-bond acceptors (Lipinski definition) is 4. The van der Waals surface area contributed by atoms with E-state index in [0.717, 1.165) is 16.9 Å². The first-order chi connectivity index (χ1) is 19.1. The van der Waals surface area contributed by atoms with Crippen LogP contribution >= 0.6 is 0 Å². The van der Waals surface area contributed by atoms with Gasteiger partial charge in [-0.3, -0.25) is 0 Å². The molecular weight excluding hydrogens is 528 g/mol. The third-order valence-electron chi connectivity index (χ3n) is 6.75. The Morgan fingerprint density at radius 2 is 1.10 bits per heavy atom. The standard InChI is InChI=1S/C20H22N2O2.C12H10O2.Cr/c23-19-11-5-1-7-15(19)13-21-17-9-3-4-10-18(17)22-14-16-8-2-6-12-20(16)24;13-10-6-8-12(9-7-10)14-11-4-2-1-3-5-11;/h1-2,5-8,11-14,17-18,23-24H,3-4,9-10H2;1-9,13H;/q;;+2/p-1/t17-,18-;;/m1../s1. The van der Waals surface area contributed by atoms with Crippen LogP contribution < -0.4 is 9.84 Å². The Morgan fingerprint density at radius 3 is 1.62 bits per heavy atom. The van der Waals surface area contributed by atoms with Crippen LogP contribution in [0.2, 0.25) is 0 Å². The van der Waals surface area contributed by atoms with Gasteiger partial charge in [0.2, 0.25) is 0 Å². The Hall–Kier alpha value is -4.05. The fraction of sp³-hybridized carbons (Fsp3) is 0.188. The molecule has 39 heavy (non-hydrogen) atoms. The molecule has 1 saturated carbocycles. The van der Waals surface area contributed by atoms with Crippen LogP contribution in [0, 0.1) is 0 Å². The Balaban J connectivity index is 0.000000186. The third-order valence-corrected chi connectivity index (χ3v) is 8.51. The van der Waals surface area contributed by atoms with Crippen molar-refractivity contribution in [1.82, 2.24) is 0 Å². The van der Waals surface area contributed by atoms with Crippen LogP contribution in [0.3, 0.4) is 0 Å². The Kier molecular flexibility index (Phi) is 8.62. The summed E-state index contributed by atoms with van der Waals surface area (Å²) in [6.45, 7) is 0. The van der Waals surface area contributed by atoms with Gasteiger partial charge in [0.25, 0.3) is 0 Å². The number of rotatable bonds is 4. The zero-order valence-corrected chi connectivity index (χ0v) is 22.7. The van der Waals surface area contributed by atoms with Crippen LogP contribution in [-0.2, 0) is 15.7 Å². The topological polar surface area (TPSA) is 78.8 Å². The SMILES string of the molecule is Oc1ccccc1C=[N+]1[Cr][N+](=Cc2ccccc2O)[C@@H]2CCCC[C@H]21.[O-]c1ccc(Oc2ccccc2)cc1. The summed E-state index contributed by atoms with van der Waals surface area (Å²) < 4.78 is 10.3. The number of ether oxygens (including phenoxy) is 1. The summed E-state index contributed by atoms with van der Waals surface area (Å²) in [5.41, 5.74) is 1.75. The number of benzene rings is 4. The van der Waals surface area contributed by atoms with Crippen molar-refractivity contribution in [3.63, 3.8) is 0 Å². The molecule has 2 aliphatic rings. The van der Waals surface area contributed by atoms with Crippen molar-refractivity contribution in [1.29, 1.82) is 0 Å². The van der Waals surface area contributed by atoms with E-state index in [1.54, 1.807) is 24.3 Å². The number of phenolic OH excluding ortho intramolecular Hbond substituents is 2. The minimum Gasteiger partial charge on any atom is -0.872 e.